The van der Waals surface area contributed by atoms with Crippen LogP contribution in [0.2, 0.25) is 0 Å². The van der Waals surface area contributed by atoms with Gasteiger partial charge < -0.3 is 9.14 Å². The van der Waals surface area contributed by atoms with Gasteiger partial charge in [0.15, 0.2) is 0 Å². The minimum atomic E-state index is -0.113. The summed E-state index contributed by atoms with van der Waals surface area (Å²) in [6.07, 6.45) is 9.99. The van der Waals surface area contributed by atoms with Crippen LogP contribution in [0.15, 0.2) is 30.6 Å². The van der Waals surface area contributed by atoms with E-state index in [9.17, 15) is 4.79 Å². The smallest absolute Gasteiger partial charge is 0.323 e. The number of methoxy groups -OCH3 is 1. The number of carbonyl (C=O) groups is 1. The monoisotopic (exact) mass is 313 g/mol. The standard InChI is InChI=1S/C18H23N3O2/c1-23-18(22)16-10-13-6-2-3-7-15(13)21(16)12-14-11-20-9-5-4-8-17(20)19-14/h4-5,8-9,11,13,15-16H,2-3,6-7,10,12H2,1H3/t13-,15+,16-/m0/s1. The predicted octanol–water partition coefficient (Wildman–Crippen LogP) is 2.64. The van der Waals surface area contributed by atoms with E-state index in [2.05, 4.69) is 11.1 Å². The summed E-state index contributed by atoms with van der Waals surface area (Å²) in [6, 6.07) is 6.39. The van der Waals surface area contributed by atoms with Crippen molar-refractivity contribution in [2.45, 2.75) is 50.7 Å². The Morgan fingerprint density at radius 3 is 3.04 bits per heavy atom. The Labute approximate surface area is 136 Å². The lowest BCUT2D eigenvalue weighted by Crippen LogP contribution is -2.42. The average Bonchev–Trinajstić information content (AvgIpc) is 3.15. The topological polar surface area (TPSA) is 46.8 Å². The van der Waals surface area contributed by atoms with Crippen LogP contribution in [0, 0.1) is 5.92 Å². The van der Waals surface area contributed by atoms with Crippen LogP contribution in [0.25, 0.3) is 5.65 Å². The summed E-state index contributed by atoms with van der Waals surface area (Å²) in [5, 5.41) is 0. The van der Waals surface area contributed by atoms with Gasteiger partial charge in [-0.15, -0.1) is 0 Å². The molecule has 4 rings (SSSR count). The van der Waals surface area contributed by atoms with Gasteiger partial charge in [0, 0.05) is 25.0 Å². The molecule has 5 nitrogen and oxygen atoms in total. The molecule has 1 aliphatic carbocycles. The van der Waals surface area contributed by atoms with Crippen LogP contribution in [0.5, 0.6) is 0 Å². The zero-order chi connectivity index (χ0) is 15.8. The second kappa shape index (κ2) is 5.96. The number of nitrogens with zero attached hydrogens (tertiary/aromatic N) is 3. The summed E-state index contributed by atoms with van der Waals surface area (Å²) < 4.78 is 7.10. The maximum atomic E-state index is 12.2. The van der Waals surface area contributed by atoms with Crippen LogP contribution in [0.4, 0.5) is 0 Å². The lowest BCUT2D eigenvalue weighted by Gasteiger charge is -2.32. The quantitative estimate of drug-likeness (QED) is 0.817. The molecule has 3 atom stereocenters. The fourth-order valence-corrected chi connectivity index (χ4v) is 4.40. The number of ether oxygens (including phenoxy) is 1. The van der Waals surface area contributed by atoms with Gasteiger partial charge in [0.25, 0.3) is 0 Å². The molecular formula is C18H23N3O2. The molecule has 0 aromatic carbocycles. The van der Waals surface area contributed by atoms with E-state index in [0.29, 0.717) is 12.0 Å². The van der Waals surface area contributed by atoms with E-state index >= 15 is 0 Å². The number of pyridine rings is 1. The van der Waals surface area contributed by atoms with Crippen LogP contribution < -0.4 is 0 Å². The molecule has 2 fully saturated rings. The first-order valence-corrected chi connectivity index (χ1v) is 8.52. The van der Waals surface area contributed by atoms with Crippen molar-refractivity contribution in [2.24, 2.45) is 5.92 Å². The number of aromatic nitrogens is 2. The fourth-order valence-electron chi connectivity index (χ4n) is 4.40. The second-order valence-corrected chi connectivity index (χ2v) is 6.76. The maximum absolute atomic E-state index is 12.2. The highest BCUT2D eigenvalue weighted by atomic mass is 16.5. The molecule has 5 heteroatoms. The zero-order valence-electron chi connectivity index (χ0n) is 13.5. The highest BCUT2D eigenvalue weighted by Crippen LogP contribution is 2.40. The molecule has 0 bridgehead atoms. The fraction of sp³-hybridized carbons (Fsp3) is 0.556. The van der Waals surface area contributed by atoms with E-state index in [1.807, 2.05) is 28.8 Å². The first-order chi connectivity index (χ1) is 11.3. The summed E-state index contributed by atoms with van der Waals surface area (Å²) in [5.74, 6) is 0.535. The van der Waals surface area contributed by atoms with Crippen LogP contribution in [0.3, 0.4) is 0 Å². The normalized spacial score (nSPS) is 28.0. The van der Waals surface area contributed by atoms with Crippen LogP contribution >= 0.6 is 0 Å². The predicted molar refractivity (Wildman–Crippen MR) is 86.9 cm³/mol. The van der Waals surface area contributed by atoms with E-state index in [-0.39, 0.29) is 12.0 Å². The molecule has 1 saturated carbocycles. The first-order valence-electron chi connectivity index (χ1n) is 8.52. The van der Waals surface area contributed by atoms with Gasteiger partial charge in [-0.05, 0) is 37.3 Å². The van der Waals surface area contributed by atoms with E-state index in [0.717, 1.165) is 24.3 Å². The summed E-state index contributed by atoms with van der Waals surface area (Å²) in [6.45, 7) is 0.725. The summed E-state index contributed by atoms with van der Waals surface area (Å²) in [7, 11) is 1.49. The van der Waals surface area contributed by atoms with Gasteiger partial charge in [-0.25, -0.2) is 4.98 Å². The van der Waals surface area contributed by atoms with Crippen molar-refractivity contribution in [1.82, 2.24) is 14.3 Å². The molecule has 0 unspecified atom stereocenters. The van der Waals surface area contributed by atoms with Crippen molar-refractivity contribution >= 4 is 11.6 Å². The molecule has 0 N–H and O–H groups in total. The molecule has 2 aromatic heterocycles. The van der Waals surface area contributed by atoms with Gasteiger partial charge in [-0.1, -0.05) is 18.9 Å². The van der Waals surface area contributed by atoms with Gasteiger partial charge >= 0.3 is 5.97 Å². The number of likely N-dealkylation sites (tertiary alicyclic amines) is 1. The van der Waals surface area contributed by atoms with Gasteiger partial charge in [0.2, 0.25) is 0 Å². The van der Waals surface area contributed by atoms with Crippen molar-refractivity contribution in [3.63, 3.8) is 0 Å². The number of imidazole rings is 1. The Balaban J connectivity index is 1.61. The minimum absolute atomic E-state index is 0.0943. The van der Waals surface area contributed by atoms with Crippen LogP contribution in [-0.4, -0.2) is 39.4 Å². The Bertz CT molecular complexity index is 678. The number of esters is 1. The van der Waals surface area contributed by atoms with E-state index in [1.54, 1.807) is 0 Å². The third-order valence-corrected chi connectivity index (χ3v) is 5.45. The largest absolute Gasteiger partial charge is 0.468 e. The molecule has 1 aliphatic heterocycles. The number of fused-ring (bicyclic) bond motifs is 2. The zero-order valence-corrected chi connectivity index (χ0v) is 13.5. The second-order valence-electron chi connectivity index (χ2n) is 6.76. The maximum Gasteiger partial charge on any atom is 0.323 e. The third kappa shape index (κ3) is 2.63. The SMILES string of the molecule is COC(=O)[C@@H]1C[C@@H]2CCCC[C@H]2N1Cc1cn2ccccc2n1. The van der Waals surface area contributed by atoms with E-state index < -0.39 is 0 Å². The molecule has 23 heavy (non-hydrogen) atoms. The van der Waals surface area contributed by atoms with Crippen LogP contribution in [0.1, 0.15) is 37.8 Å². The van der Waals surface area contributed by atoms with Gasteiger partial charge in [0.05, 0.1) is 12.8 Å². The molecule has 3 heterocycles. The summed E-state index contributed by atoms with van der Waals surface area (Å²) in [4.78, 5) is 19.3. The van der Waals surface area contributed by atoms with Crippen molar-refractivity contribution in [2.75, 3.05) is 7.11 Å². The number of rotatable bonds is 3. The van der Waals surface area contributed by atoms with E-state index in [4.69, 9.17) is 9.72 Å². The van der Waals surface area contributed by atoms with Crippen molar-refractivity contribution in [3.8, 4) is 0 Å². The lowest BCUT2D eigenvalue weighted by molar-refractivity contribution is -0.146. The molecule has 2 aliphatic rings. The Hall–Kier alpha value is -1.88. The Kier molecular flexibility index (Phi) is 3.81. The molecule has 0 amide bonds. The molecule has 122 valence electrons. The van der Waals surface area contributed by atoms with Crippen molar-refractivity contribution in [3.05, 3.63) is 36.3 Å². The average molecular weight is 313 g/mol. The van der Waals surface area contributed by atoms with Gasteiger partial charge in [-0.2, -0.15) is 0 Å². The Morgan fingerprint density at radius 2 is 2.22 bits per heavy atom. The lowest BCUT2D eigenvalue weighted by atomic mass is 9.85. The van der Waals surface area contributed by atoms with E-state index in [1.165, 1.54) is 32.8 Å². The van der Waals surface area contributed by atoms with Gasteiger partial charge in [-0.3, -0.25) is 9.69 Å². The number of carbonyl (C=O) groups excluding carboxylic acids is 1. The molecule has 0 spiro atoms. The van der Waals surface area contributed by atoms with Crippen molar-refractivity contribution < 1.29 is 9.53 Å². The number of hydrogen-bond acceptors (Lipinski definition) is 4. The molecule has 1 saturated heterocycles. The summed E-state index contributed by atoms with van der Waals surface area (Å²) in [5.41, 5.74) is 1.98. The molecule has 2 aromatic rings. The molecular weight excluding hydrogens is 290 g/mol. The highest BCUT2D eigenvalue weighted by molar-refractivity contribution is 5.76. The molecule has 0 radical (unpaired) electrons. The highest BCUT2D eigenvalue weighted by Gasteiger charge is 2.45. The summed E-state index contributed by atoms with van der Waals surface area (Å²) >= 11 is 0. The van der Waals surface area contributed by atoms with Gasteiger partial charge in [0.1, 0.15) is 11.7 Å². The van der Waals surface area contributed by atoms with Crippen molar-refractivity contribution in [1.29, 1.82) is 0 Å². The van der Waals surface area contributed by atoms with Crippen LogP contribution in [-0.2, 0) is 16.1 Å². The number of hydrogen-bond donors (Lipinski definition) is 0. The first kappa shape index (κ1) is 14.7. The Morgan fingerprint density at radius 1 is 1.35 bits per heavy atom. The minimum Gasteiger partial charge on any atom is -0.468 e. The third-order valence-electron chi connectivity index (χ3n) is 5.45.